The van der Waals surface area contributed by atoms with Crippen LogP contribution < -0.4 is 10.6 Å². The highest BCUT2D eigenvalue weighted by atomic mass is 35.5. The van der Waals surface area contributed by atoms with Crippen molar-refractivity contribution < 1.29 is 4.79 Å². The van der Waals surface area contributed by atoms with Crippen molar-refractivity contribution in [1.29, 1.82) is 0 Å². The molecule has 1 unspecified atom stereocenters. The molecule has 26 heavy (non-hydrogen) atoms. The maximum absolute atomic E-state index is 12.9. The molecule has 3 aromatic rings. The summed E-state index contributed by atoms with van der Waals surface area (Å²) in [6.07, 6.45) is 0. The molecule has 1 amide bonds. The number of halogens is 2. The number of hydrogen-bond donors (Lipinski definition) is 2. The van der Waals surface area contributed by atoms with Crippen LogP contribution in [0.5, 0.6) is 0 Å². The van der Waals surface area contributed by atoms with Crippen molar-refractivity contribution in [3.63, 3.8) is 0 Å². The Balaban J connectivity index is 1.81. The zero-order chi connectivity index (χ0) is 18.4. The SMILES string of the molecule is O=C(Nc1ccccc1)C(NCc1c(Cl)cccc1Cl)c1ccccc1. The van der Waals surface area contributed by atoms with Crippen molar-refractivity contribution in [2.75, 3.05) is 5.32 Å². The van der Waals surface area contributed by atoms with Gasteiger partial charge in [0.1, 0.15) is 6.04 Å². The smallest absolute Gasteiger partial charge is 0.246 e. The lowest BCUT2D eigenvalue weighted by molar-refractivity contribution is -0.118. The molecule has 0 radical (unpaired) electrons. The Bertz CT molecular complexity index is 849. The maximum Gasteiger partial charge on any atom is 0.246 e. The van der Waals surface area contributed by atoms with Gasteiger partial charge in [-0.25, -0.2) is 0 Å². The molecule has 3 aromatic carbocycles. The molecule has 3 nitrogen and oxygen atoms in total. The Morgan fingerprint density at radius 3 is 2.00 bits per heavy atom. The molecule has 2 N–H and O–H groups in total. The second kappa shape index (κ2) is 8.86. The Labute approximate surface area is 163 Å². The van der Waals surface area contributed by atoms with E-state index in [2.05, 4.69) is 10.6 Å². The first-order chi connectivity index (χ1) is 12.6. The molecule has 0 aliphatic rings. The highest BCUT2D eigenvalue weighted by Gasteiger charge is 2.21. The van der Waals surface area contributed by atoms with Gasteiger partial charge in [0.2, 0.25) is 5.91 Å². The fourth-order valence-electron chi connectivity index (χ4n) is 2.65. The number of carbonyl (C=O) groups excluding carboxylic acids is 1. The second-order valence-electron chi connectivity index (χ2n) is 5.78. The van der Waals surface area contributed by atoms with Crippen molar-refractivity contribution in [2.24, 2.45) is 0 Å². The molecular formula is C21H18Cl2N2O. The summed E-state index contributed by atoms with van der Waals surface area (Å²) in [5.74, 6) is -0.148. The van der Waals surface area contributed by atoms with Crippen molar-refractivity contribution in [1.82, 2.24) is 5.32 Å². The minimum atomic E-state index is -0.538. The van der Waals surface area contributed by atoms with Crippen LogP contribution >= 0.6 is 23.2 Å². The number of nitrogens with one attached hydrogen (secondary N) is 2. The van der Waals surface area contributed by atoms with Gasteiger partial charge in [0.25, 0.3) is 0 Å². The number of para-hydroxylation sites is 1. The van der Waals surface area contributed by atoms with E-state index in [1.54, 1.807) is 18.2 Å². The topological polar surface area (TPSA) is 41.1 Å². The van der Waals surface area contributed by atoms with E-state index < -0.39 is 6.04 Å². The number of carbonyl (C=O) groups is 1. The van der Waals surface area contributed by atoms with Crippen LogP contribution in [0.25, 0.3) is 0 Å². The van der Waals surface area contributed by atoms with Crippen molar-refractivity contribution in [2.45, 2.75) is 12.6 Å². The monoisotopic (exact) mass is 384 g/mol. The quantitative estimate of drug-likeness (QED) is 0.591. The van der Waals surface area contributed by atoms with Gasteiger partial charge in [-0.05, 0) is 29.8 Å². The predicted molar refractivity (Wildman–Crippen MR) is 108 cm³/mol. The van der Waals surface area contributed by atoms with Crippen molar-refractivity contribution in [3.05, 3.63) is 100 Å². The average Bonchev–Trinajstić information content (AvgIpc) is 2.66. The fraction of sp³-hybridized carbons (Fsp3) is 0.0952. The number of benzene rings is 3. The zero-order valence-corrected chi connectivity index (χ0v) is 15.5. The molecule has 0 bridgehead atoms. The summed E-state index contributed by atoms with van der Waals surface area (Å²) in [6, 6.07) is 23.7. The van der Waals surface area contributed by atoms with Gasteiger partial charge in [-0.3, -0.25) is 10.1 Å². The lowest BCUT2D eigenvalue weighted by atomic mass is 10.1. The van der Waals surface area contributed by atoms with Crippen LogP contribution in [0.15, 0.2) is 78.9 Å². The molecule has 0 aromatic heterocycles. The van der Waals surface area contributed by atoms with E-state index in [9.17, 15) is 4.79 Å². The summed E-state index contributed by atoms with van der Waals surface area (Å²) < 4.78 is 0. The first-order valence-electron chi connectivity index (χ1n) is 8.22. The normalized spacial score (nSPS) is 11.8. The number of hydrogen-bond acceptors (Lipinski definition) is 2. The van der Waals surface area contributed by atoms with Crippen LogP contribution in [0.2, 0.25) is 10.0 Å². The molecule has 0 spiro atoms. The van der Waals surface area contributed by atoms with Crippen LogP contribution in [0.1, 0.15) is 17.2 Å². The summed E-state index contributed by atoms with van der Waals surface area (Å²) in [7, 11) is 0. The van der Waals surface area contributed by atoms with Crippen LogP contribution in [-0.4, -0.2) is 5.91 Å². The molecule has 0 saturated heterocycles. The zero-order valence-electron chi connectivity index (χ0n) is 14.0. The summed E-state index contributed by atoms with van der Waals surface area (Å²) in [5.41, 5.74) is 2.38. The largest absolute Gasteiger partial charge is 0.324 e. The molecular weight excluding hydrogens is 367 g/mol. The van der Waals surface area contributed by atoms with Gasteiger partial charge in [0, 0.05) is 27.8 Å². The van der Waals surface area contributed by atoms with Gasteiger partial charge in [0.15, 0.2) is 0 Å². The van der Waals surface area contributed by atoms with Crippen molar-refractivity contribution >= 4 is 34.8 Å². The first-order valence-corrected chi connectivity index (χ1v) is 8.98. The van der Waals surface area contributed by atoms with Crippen LogP contribution in [0.4, 0.5) is 5.69 Å². The molecule has 0 fully saturated rings. The summed E-state index contributed by atoms with van der Waals surface area (Å²) >= 11 is 12.5. The summed E-state index contributed by atoms with van der Waals surface area (Å²) in [6.45, 7) is 0.375. The van der Waals surface area contributed by atoms with E-state index in [4.69, 9.17) is 23.2 Å². The van der Waals surface area contributed by atoms with E-state index in [0.29, 0.717) is 16.6 Å². The second-order valence-corrected chi connectivity index (χ2v) is 6.59. The third-order valence-corrected chi connectivity index (χ3v) is 4.69. The Morgan fingerprint density at radius 1 is 0.808 bits per heavy atom. The van der Waals surface area contributed by atoms with Gasteiger partial charge >= 0.3 is 0 Å². The van der Waals surface area contributed by atoms with E-state index >= 15 is 0 Å². The lowest BCUT2D eigenvalue weighted by Gasteiger charge is -2.20. The Kier molecular flexibility index (Phi) is 6.29. The highest BCUT2D eigenvalue weighted by Crippen LogP contribution is 2.25. The Hall–Kier alpha value is -2.33. The molecule has 3 rings (SSSR count). The van der Waals surface area contributed by atoms with E-state index in [1.165, 1.54) is 0 Å². The third kappa shape index (κ3) is 4.64. The lowest BCUT2D eigenvalue weighted by Crippen LogP contribution is -2.32. The molecule has 132 valence electrons. The van der Waals surface area contributed by atoms with E-state index in [-0.39, 0.29) is 5.91 Å². The summed E-state index contributed by atoms with van der Waals surface area (Å²) in [5, 5.41) is 7.35. The number of rotatable bonds is 6. The molecule has 1 atom stereocenters. The molecule has 0 aliphatic heterocycles. The molecule has 0 saturated carbocycles. The summed E-state index contributed by atoms with van der Waals surface area (Å²) in [4.78, 5) is 12.9. The average molecular weight is 385 g/mol. The number of amides is 1. The van der Waals surface area contributed by atoms with Gasteiger partial charge in [0.05, 0.1) is 0 Å². The van der Waals surface area contributed by atoms with E-state index in [1.807, 2.05) is 60.7 Å². The standard InChI is InChI=1S/C21H18Cl2N2O/c22-18-12-7-13-19(23)17(18)14-24-20(15-8-3-1-4-9-15)21(26)25-16-10-5-2-6-11-16/h1-13,20,24H,14H2,(H,25,26). The molecule has 5 heteroatoms. The minimum absolute atomic E-state index is 0.148. The van der Waals surface area contributed by atoms with Crippen LogP contribution in [0, 0.1) is 0 Å². The fourth-order valence-corrected chi connectivity index (χ4v) is 3.18. The van der Waals surface area contributed by atoms with Crippen molar-refractivity contribution in [3.8, 4) is 0 Å². The van der Waals surface area contributed by atoms with Gasteiger partial charge in [-0.1, -0.05) is 77.8 Å². The molecule has 0 heterocycles. The van der Waals surface area contributed by atoms with Crippen LogP contribution in [0.3, 0.4) is 0 Å². The Morgan fingerprint density at radius 2 is 1.38 bits per heavy atom. The maximum atomic E-state index is 12.9. The van der Waals surface area contributed by atoms with Gasteiger partial charge in [-0.15, -0.1) is 0 Å². The minimum Gasteiger partial charge on any atom is -0.324 e. The van der Waals surface area contributed by atoms with Gasteiger partial charge < -0.3 is 5.32 Å². The first kappa shape index (κ1) is 18.5. The number of anilines is 1. The highest BCUT2D eigenvalue weighted by molar-refractivity contribution is 6.35. The predicted octanol–water partition coefficient (Wildman–Crippen LogP) is 5.46. The third-order valence-electron chi connectivity index (χ3n) is 3.98. The van der Waals surface area contributed by atoms with Crippen LogP contribution in [-0.2, 0) is 11.3 Å². The van der Waals surface area contributed by atoms with Gasteiger partial charge in [-0.2, -0.15) is 0 Å². The molecule has 0 aliphatic carbocycles. The van der Waals surface area contributed by atoms with E-state index in [0.717, 1.165) is 16.8 Å².